The molecule has 1 rings (SSSR count). The predicted molar refractivity (Wildman–Crippen MR) is 74.0 cm³/mol. The third kappa shape index (κ3) is 3.51. The largest absolute Gasteiger partial charge is 0.391 e. The third-order valence-corrected chi connectivity index (χ3v) is 3.73. The van der Waals surface area contributed by atoms with Gasteiger partial charge in [0.15, 0.2) is 0 Å². The first-order valence-corrected chi connectivity index (χ1v) is 6.39. The van der Waals surface area contributed by atoms with Gasteiger partial charge in [0.2, 0.25) is 0 Å². The zero-order valence-corrected chi connectivity index (χ0v) is 12.4. The Morgan fingerprint density at radius 2 is 2.11 bits per heavy atom. The lowest BCUT2D eigenvalue weighted by Gasteiger charge is -2.29. The van der Waals surface area contributed by atoms with E-state index < -0.39 is 22.5 Å². The van der Waals surface area contributed by atoms with Gasteiger partial charge < -0.3 is 10.4 Å². The standard InChI is InChI=1S/C12H15BrN2O4/c1-7(16)12(2,3)14-11(17)8-5-4-6-9(10(8)13)15(18)19/h4-7,16H,1-3H3,(H,14,17). The molecule has 6 nitrogen and oxygen atoms in total. The fourth-order valence-corrected chi connectivity index (χ4v) is 1.89. The van der Waals surface area contributed by atoms with Crippen LogP contribution in [0, 0.1) is 10.1 Å². The quantitative estimate of drug-likeness (QED) is 0.654. The summed E-state index contributed by atoms with van der Waals surface area (Å²) in [7, 11) is 0. The van der Waals surface area contributed by atoms with Crippen LogP contribution < -0.4 is 5.32 Å². The van der Waals surface area contributed by atoms with E-state index in [9.17, 15) is 20.0 Å². The fraction of sp³-hybridized carbons (Fsp3) is 0.417. The Kier molecular flexibility index (Phi) is 4.65. The molecule has 0 aliphatic carbocycles. The molecule has 0 radical (unpaired) electrons. The van der Waals surface area contributed by atoms with Crippen molar-refractivity contribution >= 4 is 27.5 Å². The Bertz CT molecular complexity index is 514. The molecule has 0 bridgehead atoms. The Hall–Kier alpha value is -1.47. The minimum Gasteiger partial charge on any atom is -0.391 e. The predicted octanol–water partition coefficient (Wildman–Crippen LogP) is 2.25. The number of nitrogens with zero attached hydrogens (tertiary/aromatic N) is 1. The molecule has 0 heterocycles. The Morgan fingerprint density at radius 3 is 2.58 bits per heavy atom. The van der Waals surface area contributed by atoms with E-state index in [2.05, 4.69) is 21.2 Å². The van der Waals surface area contributed by atoms with Crippen LogP contribution in [0.1, 0.15) is 31.1 Å². The van der Waals surface area contributed by atoms with Gasteiger partial charge in [-0.25, -0.2) is 0 Å². The zero-order chi connectivity index (χ0) is 14.8. The first-order chi connectivity index (χ1) is 8.66. The van der Waals surface area contributed by atoms with E-state index in [-0.39, 0.29) is 15.7 Å². The molecule has 1 aromatic carbocycles. The second-order valence-corrected chi connectivity index (χ2v) is 5.54. The molecule has 1 unspecified atom stereocenters. The van der Waals surface area contributed by atoms with Crippen LogP contribution in [0.25, 0.3) is 0 Å². The van der Waals surface area contributed by atoms with Crippen LogP contribution in [0.3, 0.4) is 0 Å². The number of nitrogens with one attached hydrogen (secondary N) is 1. The number of nitro groups is 1. The summed E-state index contributed by atoms with van der Waals surface area (Å²) < 4.78 is 0.124. The molecule has 0 saturated heterocycles. The average molecular weight is 331 g/mol. The fourth-order valence-electron chi connectivity index (χ4n) is 1.30. The van der Waals surface area contributed by atoms with Crippen LogP contribution in [0.15, 0.2) is 22.7 Å². The van der Waals surface area contributed by atoms with E-state index in [0.717, 1.165) is 0 Å². The first-order valence-electron chi connectivity index (χ1n) is 5.60. The van der Waals surface area contributed by atoms with Crippen molar-refractivity contribution in [2.24, 2.45) is 0 Å². The highest BCUT2D eigenvalue weighted by molar-refractivity contribution is 9.10. The van der Waals surface area contributed by atoms with Gasteiger partial charge in [-0.15, -0.1) is 0 Å². The lowest BCUT2D eigenvalue weighted by Crippen LogP contribution is -2.51. The number of hydrogen-bond acceptors (Lipinski definition) is 4. The highest BCUT2D eigenvalue weighted by Gasteiger charge is 2.28. The summed E-state index contributed by atoms with van der Waals surface area (Å²) in [5.41, 5.74) is -0.855. The van der Waals surface area contributed by atoms with Crippen molar-refractivity contribution in [1.82, 2.24) is 5.32 Å². The molecule has 2 N–H and O–H groups in total. The number of halogens is 1. The Labute approximate surface area is 119 Å². The van der Waals surface area contributed by atoms with Gasteiger partial charge in [0.25, 0.3) is 11.6 Å². The van der Waals surface area contributed by atoms with Crippen molar-refractivity contribution in [3.05, 3.63) is 38.3 Å². The summed E-state index contributed by atoms with van der Waals surface area (Å²) in [4.78, 5) is 22.3. The highest BCUT2D eigenvalue weighted by atomic mass is 79.9. The van der Waals surface area contributed by atoms with E-state index in [4.69, 9.17) is 0 Å². The van der Waals surface area contributed by atoms with Gasteiger partial charge >= 0.3 is 0 Å². The molecule has 0 aliphatic rings. The summed E-state index contributed by atoms with van der Waals surface area (Å²) in [6.07, 6.45) is -0.756. The van der Waals surface area contributed by atoms with Gasteiger partial charge in [0.1, 0.15) is 4.47 Å². The van der Waals surface area contributed by atoms with E-state index in [0.29, 0.717) is 0 Å². The molecule has 1 atom stereocenters. The van der Waals surface area contributed by atoms with Crippen molar-refractivity contribution < 1.29 is 14.8 Å². The molecule has 104 valence electrons. The number of aliphatic hydroxyl groups excluding tert-OH is 1. The first kappa shape index (κ1) is 15.6. The smallest absolute Gasteiger partial charge is 0.284 e. The summed E-state index contributed by atoms with van der Waals surface area (Å²) in [6, 6.07) is 4.22. The van der Waals surface area contributed by atoms with Gasteiger partial charge in [0, 0.05) is 6.07 Å². The number of nitro benzene ring substituents is 1. The monoisotopic (exact) mass is 330 g/mol. The number of amides is 1. The maximum Gasteiger partial charge on any atom is 0.284 e. The molecular formula is C12H15BrN2O4. The number of carbonyl (C=O) groups excluding carboxylic acids is 1. The van der Waals surface area contributed by atoms with Crippen LogP contribution >= 0.6 is 15.9 Å². The number of rotatable bonds is 4. The average Bonchev–Trinajstić information content (AvgIpc) is 2.27. The zero-order valence-electron chi connectivity index (χ0n) is 10.8. The van der Waals surface area contributed by atoms with Crippen LogP contribution in [-0.2, 0) is 0 Å². The maximum absolute atomic E-state index is 12.1. The Morgan fingerprint density at radius 1 is 1.53 bits per heavy atom. The lowest BCUT2D eigenvalue weighted by atomic mass is 9.98. The van der Waals surface area contributed by atoms with E-state index in [1.807, 2.05) is 0 Å². The van der Waals surface area contributed by atoms with Crippen LogP contribution in [-0.4, -0.2) is 27.6 Å². The normalized spacial score (nSPS) is 12.9. The minimum absolute atomic E-state index is 0.124. The van der Waals surface area contributed by atoms with Gasteiger partial charge in [-0.2, -0.15) is 0 Å². The van der Waals surface area contributed by atoms with Gasteiger partial charge in [0.05, 0.1) is 22.1 Å². The molecule has 0 spiro atoms. The second-order valence-electron chi connectivity index (χ2n) is 4.75. The Balaban J connectivity index is 3.08. The summed E-state index contributed by atoms with van der Waals surface area (Å²) in [5.74, 6) is -0.485. The van der Waals surface area contributed by atoms with Gasteiger partial charge in [-0.05, 0) is 42.8 Å². The summed E-state index contributed by atoms with van der Waals surface area (Å²) >= 11 is 3.06. The summed E-state index contributed by atoms with van der Waals surface area (Å²) in [5, 5.41) is 23.0. The summed E-state index contributed by atoms with van der Waals surface area (Å²) in [6.45, 7) is 4.89. The molecule has 1 aromatic rings. The van der Waals surface area contributed by atoms with Crippen molar-refractivity contribution in [3.63, 3.8) is 0 Å². The van der Waals surface area contributed by atoms with Gasteiger partial charge in [-0.3, -0.25) is 14.9 Å². The topological polar surface area (TPSA) is 92.5 Å². The number of aliphatic hydroxyl groups is 1. The molecule has 0 aromatic heterocycles. The molecule has 1 amide bonds. The van der Waals surface area contributed by atoms with Crippen molar-refractivity contribution in [2.45, 2.75) is 32.4 Å². The molecule has 7 heteroatoms. The SMILES string of the molecule is CC(O)C(C)(C)NC(=O)c1cccc([N+](=O)[O-])c1Br. The van der Waals surface area contributed by atoms with Crippen molar-refractivity contribution in [2.75, 3.05) is 0 Å². The highest BCUT2D eigenvalue weighted by Crippen LogP contribution is 2.28. The van der Waals surface area contributed by atoms with Gasteiger partial charge in [-0.1, -0.05) is 6.07 Å². The molecule has 0 aliphatic heterocycles. The minimum atomic E-state index is -0.832. The lowest BCUT2D eigenvalue weighted by molar-refractivity contribution is -0.385. The molecule has 0 fully saturated rings. The molecular weight excluding hydrogens is 316 g/mol. The van der Waals surface area contributed by atoms with Crippen molar-refractivity contribution in [3.8, 4) is 0 Å². The van der Waals surface area contributed by atoms with E-state index in [1.54, 1.807) is 20.8 Å². The number of hydrogen-bond donors (Lipinski definition) is 2. The van der Waals surface area contributed by atoms with Crippen LogP contribution in [0.4, 0.5) is 5.69 Å². The second kappa shape index (κ2) is 5.66. The van der Waals surface area contributed by atoms with Crippen LogP contribution in [0.5, 0.6) is 0 Å². The maximum atomic E-state index is 12.1. The molecule has 19 heavy (non-hydrogen) atoms. The number of benzene rings is 1. The molecule has 0 saturated carbocycles. The van der Waals surface area contributed by atoms with E-state index >= 15 is 0 Å². The third-order valence-electron chi connectivity index (χ3n) is 2.90. The van der Waals surface area contributed by atoms with Crippen molar-refractivity contribution in [1.29, 1.82) is 0 Å². The van der Waals surface area contributed by atoms with Crippen LogP contribution in [0.2, 0.25) is 0 Å². The number of carbonyl (C=O) groups is 1. The van der Waals surface area contributed by atoms with E-state index in [1.165, 1.54) is 18.2 Å².